The maximum atomic E-state index is 5.52. The third-order valence-corrected chi connectivity index (χ3v) is 2.92. The Morgan fingerprint density at radius 1 is 1.08 bits per heavy atom. The first-order valence-electron chi connectivity index (χ1n) is 5.39. The van der Waals surface area contributed by atoms with Crippen LogP contribution in [-0.2, 0) is 9.47 Å². The van der Waals surface area contributed by atoms with Crippen molar-refractivity contribution in [3.05, 3.63) is 0 Å². The predicted molar refractivity (Wildman–Crippen MR) is 53.8 cm³/mol. The van der Waals surface area contributed by atoms with Crippen LogP contribution in [0.4, 0.5) is 0 Å². The van der Waals surface area contributed by atoms with Gasteiger partial charge < -0.3 is 9.47 Å². The van der Waals surface area contributed by atoms with Gasteiger partial charge in [0, 0.05) is 13.7 Å². The Morgan fingerprint density at radius 2 is 1.77 bits per heavy atom. The molecular formula is C11H22O2. The number of ether oxygens (including phenoxy) is 2. The van der Waals surface area contributed by atoms with E-state index in [-0.39, 0.29) is 0 Å². The highest BCUT2D eigenvalue weighted by Gasteiger charge is 2.17. The summed E-state index contributed by atoms with van der Waals surface area (Å²) in [7, 11) is 1.71. The summed E-state index contributed by atoms with van der Waals surface area (Å²) in [6, 6.07) is 0. The molecule has 0 N–H and O–H groups in total. The molecule has 0 spiro atoms. The Bertz CT molecular complexity index is 117. The molecule has 0 atom stereocenters. The van der Waals surface area contributed by atoms with Crippen molar-refractivity contribution in [1.29, 1.82) is 0 Å². The van der Waals surface area contributed by atoms with Crippen LogP contribution < -0.4 is 0 Å². The Morgan fingerprint density at radius 3 is 2.38 bits per heavy atom. The third-order valence-electron chi connectivity index (χ3n) is 2.92. The van der Waals surface area contributed by atoms with E-state index in [0.717, 1.165) is 31.7 Å². The minimum atomic E-state index is 0.725. The van der Waals surface area contributed by atoms with Crippen LogP contribution >= 0.6 is 0 Å². The Balaban J connectivity index is 1.96. The molecule has 1 aliphatic rings. The second-order valence-corrected chi connectivity index (χ2v) is 4.19. The van der Waals surface area contributed by atoms with E-state index in [2.05, 4.69) is 6.92 Å². The molecule has 13 heavy (non-hydrogen) atoms. The molecule has 0 amide bonds. The quantitative estimate of drug-likeness (QED) is 0.614. The van der Waals surface area contributed by atoms with Gasteiger partial charge in [0.15, 0.2) is 0 Å². The number of hydrogen-bond donors (Lipinski definition) is 0. The van der Waals surface area contributed by atoms with E-state index in [1.165, 1.54) is 25.7 Å². The van der Waals surface area contributed by atoms with Gasteiger partial charge in [0.2, 0.25) is 0 Å². The number of hydrogen-bond acceptors (Lipinski definition) is 2. The molecule has 1 fully saturated rings. The topological polar surface area (TPSA) is 18.5 Å². The summed E-state index contributed by atoms with van der Waals surface area (Å²) in [5, 5.41) is 0. The first-order valence-corrected chi connectivity index (χ1v) is 5.39. The molecule has 2 nitrogen and oxygen atoms in total. The molecule has 0 aliphatic heterocycles. The van der Waals surface area contributed by atoms with E-state index >= 15 is 0 Å². The molecule has 0 heterocycles. The van der Waals surface area contributed by atoms with Crippen LogP contribution in [0.3, 0.4) is 0 Å². The zero-order valence-corrected chi connectivity index (χ0v) is 8.92. The lowest BCUT2D eigenvalue weighted by molar-refractivity contribution is 0.0407. The number of rotatable bonds is 5. The van der Waals surface area contributed by atoms with Gasteiger partial charge in [-0.1, -0.05) is 19.8 Å². The fourth-order valence-corrected chi connectivity index (χ4v) is 1.89. The fraction of sp³-hybridized carbons (Fsp3) is 1.00. The third kappa shape index (κ3) is 4.63. The monoisotopic (exact) mass is 186 g/mol. The second-order valence-electron chi connectivity index (χ2n) is 4.19. The average molecular weight is 186 g/mol. The molecule has 0 bridgehead atoms. The van der Waals surface area contributed by atoms with Crippen LogP contribution in [0.25, 0.3) is 0 Å². The van der Waals surface area contributed by atoms with Crippen molar-refractivity contribution < 1.29 is 9.47 Å². The Hall–Kier alpha value is -0.0800. The zero-order valence-electron chi connectivity index (χ0n) is 8.92. The van der Waals surface area contributed by atoms with Crippen LogP contribution in [0.5, 0.6) is 0 Å². The SMILES string of the molecule is COCCOCC1CCC(C)CC1. The molecule has 78 valence electrons. The minimum Gasteiger partial charge on any atom is -0.382 e. The highest BCUT2D eigenvalue weighted by molar-refractivity contribution is 4.69. The summed E-state index contributed by atoms with van der Waals surface area (Å²) in [5.74, 6) is 1.75. The highest BCUT2D eigenvalue weighted by atomic mass is 16.5. The Kier molecular flexibility index (Phi) is 5.40. The lowest BCUT2D eigenvalue weighted by Gasteiger charge is -2.25. The minimum absolute atomic E-state index is 0.725. The van der Waals surface area contributed by atoms with E-state index in [0.29, 0.717) is 0 Å². The Labute approximate surface area is 81.6 Å². The van der Waals surface area contributed by atoms with Crippen molar-refractivity contribution in [2.75, 3.05) is 26.9 Å². The van der Waals surface area contributed by atoms with E-state index in [9.17, 15) is 0 Å². The first-order chi connectivity index (χ1) is 6.33. The van der Waals surface area contributed by atoms with E-state index < -0.39 is 0 Å². The summed E-state index contributed by atoms with van der Waals surface area (Å²) in [6.07, 6.45) is 5.49. The van der Waals surface area contributed by atoms with Gasteiger partial charge in [-0.2, -0.15) is 0 Å². The van der Waals surface area contributed by atoms with Gasteiger partial charge in [0.1, 0.15) is 0 Å². The van der Waals surface area contributed by atoms with Gasteiger partial charge in [-0.25, -0.2) is 0 Å². The van der Waals surface area contributed by atoms with Crippen LogP contribution in [0.15, 0.2) is 0 Å². The van der Waals surface area contributed by atoms with Crippen molar-refractivity contribution in [3.63, 3.8) is 0 Å². The average Bonchev–Trinajstić information content (AvgIpc) is 2.15. The second kappa shape index (κ2) is 6.39. The van der Waals surface area contributed by atoms with E-state index in [1.54, 1.807) is 7.11 Å². The number of methoxy groups -OCH3 is 1. The van der Waals surface area contributed by atoms with Crippen molar-refractivity contribution in [2.45, 2.75) is 32.6 Å². The summed E-state index contributed by atoms with van der Waals surface area (Å²) < 4.78 is 10.4. The van der Waals surface area contributed by atoms with Gasteiger partial charge in [-0.05, 0) is 24.7 Å². The van der Waals surface area contributed by atoms with Crippen molar-refractivity contribution in [3.8, 4) is 0 Å². The molecule has 1 saturated carbocycles. The van der Waals surface area contributed by atoms with Crippen molar-refractivity contribution in [2.24, 2.45) is 11.8 Å². The maximum absolute atomic E-state index is 5.52. The van der Waals surface area contributed by atoms with E-state index in [4.69, 9.17) is 9.47 Å². The normalized spacial score (nSPS) is 29.1. The lowest BCUT2D eigenvalue weighted by atomic mass is 9.83. The molecule has 0 aromatic carbocycles. The van der Waals surface area contributed by atoms with Crippen molar-refractivity contribution >= 4 is 0 Å². The zero-order chi connectivity index (χ0) is 9.52. The largest absolute Gasteiger partial charge is 0.382 e. The van der Waals surface area contributed by atoms with Crippen LogP contribution in [-0.4, -0.2) is 26.9 Å². The van der Waals surface area contributed by atoms with Gasteiger partial charge in [-0.15, -0.1) is 0 Å². The molecule has 0 aromatic heterocycles. The molecule has 0 aromatic rings. The van der Waals surface area contributed by atoms with Crippen LogP contribution in [0, 0.1) is 11.8 Å². The van der Waals surface area contributed by atoms with Gasteiger partial charge in [0.05, 0.1) is 13.2 Å². The molecule has 0 unspecified atom stereocenters. The van der Waals surface area contributed by atoms with Gasteiger partial charge in [-0.3, -0.25) is 0 Å². The highest BCUT2D eigenvalue weighted by Crippen LogP contribution is 2.28. The van der Waals surface area contributed by atoms with E-state index in [1.807, 2.05) is 0 Å². The van der Waals surface area contributed by atoms with Gasteiger partial charge in [0.25, 0.3) is 0 Å². The molecule has 1 rings (SSSR count). The first kappa shape index (κ1) is 11.0. The maximum Gasteiger partial charge on any atom is 0.0700 e. The predicted octanol–water partition coefficient (Wildman–Crippen LogP) is 2.48. The summed E-state index contributed by atoms with van der Waals surface area (Å²) in [5.41, 5.74) is 0. The smallest absolute Gasteiger partial charge is 0.0700 e. The van der Waals surface area contributed by atoms with Crippen LogP contribution in [0.1, 0.15) is 32.6 Å². The standard InChI is InChI=1S/C11H22O2/c1-10-3-5-11(6-4-10)9-13-8-7-12-2/h10-11H,3-9H2,1-2H3. The van der Waals surface area contributed by atoms with Gasteiger partial charge >= 0.3 is 0 Å². The summed E-state index contributed by atoms with van der Waals surface area (Å²) >= 11 is 0. The molecule has 0 saturated heterocycles. The summed E-state index contributed by atoms with van der Waals surface area (Å²) in [4.78, 5) is 0. The molecule has 0 radical (unpaired) electrons. The molecule has 2 heteroatoms. The van der Waals surface area contributed by atoms with Crippen LogP contribution in [0.2, 0.25) is 0 Å². The van der Waals surface area contributed by atoms with Crippen molar-refractivity contribution in [1.82, 2.24) is 0 Å². The summed E-state index contributed by atoms with van der Waals surface area (Å²) in [6.45, 7) is 4.77. The molecule has 1 aliphatic carbocycles. The molecular weight excluding hydrogens is 164 g/mol. The fourth-order valence-electron chi connectivity index (χ4n) is 1.89. The lowest BCUT2D eigenvalue weighted by Crippen LogP contribution is -2.18.